The van der Waals surface area contributed by atoms with Crippen molar-refractivity contribution in [3.05, 3.63) is 94.4 Å². The molecule has 1 N–H and O–H groups in total. The van der Waals surface area contributed by atoms with E-state index in [9.17, 15) is 9.18 Å². The lowest BCUT2D eigenvalue weighted by atomic mass is 9.72. The van der Waals surface area contributed by atoms with Gasteiger partial charge >= 0.3 is 5.97 Å². The number of hydrogen-bond donors (Lipinski definition) is 1. The molecule has 2 heterocycles. The summed E-state index contributed by atoms with van der Waals surface area (Å²) in [4.78, 5) is 20.5. The van der Waals surface area contributed by atoms with Gasteiger partial charge in [-0.1, -0.05) is 43.2 Å². The minimum Gasteiger partial charge on any atom is -0.462 e. The molecule has 6 rings (SSSR count). The number of aromatic nitrogens is 1. The SMILES string of the molecule is CCOC(=O)c1ccc(N2CCN(CC3=C(c4ccc(Cl)cc4)CC(C)(C)CC3)CC2)cc1Oc1cc(F)c2[nH]ccc2c1. The van der Waals surface area contributed by atoms with E-state index < -0.39 is 11.8 Å². The van der Waals surface area contributed by atoms with Crippen LogP contribution in [0.3, 0.4) is 0 Å². The fourth-order valence-electron chi connectivity index (χ4n) is 6.35. The molecular weight excluding hydrogens is 577 g/mol. The number of benzene rings is 3. The molecule has 4 aromatic rings. The number of H-pyrrole nitrogens is 1. The molecule has 3 aromatic carbocycles. The summed E-state index contributed by atoms with van der Waals surface area (Å²) in [5, 5.41) is 1.46. The molecule has 0 unspecified atom stereocenters. The predicted octanol–water partition coefficient (Wildman–Crippen LogP) is 8.72. The summed E-state index contributed by atoms with van der Waals surface area (Å²) in [5.41, 5.74) is 6.24. The first kappa shape index (κ1) is 30.2. The number of esters is 1. The lowest BCUT2D eigenvalue weighted by Crippen LogP contribution is -2.47. The molecule has 6 nitrogen and oxygen atoms in total. The minimum atomic E-state index is -0.470. The van der Waals surface area contributed by atoms with Crippen LogP contribution in [0.1, 0.15) is 56.0 Å². The van der Waals surface area contributed by atoms with Crippen molar-refractivity contribution in [3.63, 3.8) is 0 Å². The maximum atomic E-state index is 14.7. The van der Waals surface area contributed by atoms with Crippen LogP contribution in [0.15, 0.2) is 72.4 Å². The first-order chi connectivity index (χ1) is 21.2. The molecule has 0 radical (unpaired) electrons. The van der Waals surface area contributed by atoms with Crippen molar-refractivity contribution in [2.24, 2.45) is 5.41 Å². The van der Waals surface area contributed by atoms with Gasteiger partial charge in [0.05, 0.1) is 12.1 Å². The van der Waals surface area contributed by atoms with E-state index in [2.05, 4.69) is 40.8 Å². The fourth-order valence-corrected chi connectivity index (χ4v) is 6.48. The van der Waals surface area contributed by atoms with Crippen molar-refractivity contribution in [2.45, 2.75) is 40.0 Å². The molecule has 1 aliphatic heterocycles. The summed E-state index contributed by atoms with van der Waals surface area (Å²) in [7, 11) is 0. The molecule has 2 aliphatic rings. The van der Waals surface area contributed by atoms with Crippen LogP contribution in [-0.2, 0) is 4.74 Å². The molecule has 1 fully saturated rings. The second-order valence-corrected chi connectivity index (χ2v) is 13.0. The third kappa shape index (κ3) is 6.64. The summed E-state index contributed by atoms with van der Waals surface area (Å²) in [6, 6.07) is 18.7. The summed E-state index contributed by atoms with van der Waals surface area (Å²) < 4.78 is 26.1. The number of nitrogens with zero attached hydrogens (tertiary/aromatic N) is 2. The molecule has 0 saturated carbocycles. The summed E-state index contributed by atoms with van der Waals surface area (Å²) in [5.74, 6) is -0.214. The maximum absolute atomic E-state index is 14.7. The molecule has 44 heavy (non-hydrogen) atoms. The zero-order valence-corrected chi connectivity index (χ0v) is 26.3. The Morgan fingerprint density at radius 1 is 1.02 bits per heavy atom. The zero-order chi connectivity index (χ0) is 30.8. The number of carbonyl (C=O) groups excluding carboxylic acids is 1. The van der Waals surface area contributed by atoms with Crippen LogP contribution in [0, 0.1) is 11.2 Å². The van der Waals surface area contributed by atoms with Crippen molar-refractivity contribution >= 4 is 39.7 Å². The number of ether oxygens (including phenoxy) is 2. The van der Waals surface area contributed by atoms with Gasteiger partial charge in [0, 0.05) is 67.1 Å². The average molecular weight is 616 g/mol. The molecular formula is C36H39ClFN3O3. The number of aromatic amines is 1. The largest absolute Gasteiger partial charge is 0.462 e. The monoisotopic (exact) mass is 615 g/mol. The van der Waals surface area contributed by atoms with Gasteiger partial charge in [-0.05, 0) is 79.1 Å². The second-order valence-electron chi connectivity index (χ2n) is 12.5. The Morgan fingerprint density at radius 2 is 1.80 bits per heavy atom. The van der Waals surface area contributed by atoms with Gasteiger partial charge in [0.1, 0.15) is 17.1 Å². The normalized spacial score (nSPS) is 17.2. The topological polar surface area (TPSA) is 57.8 Å². The molecule has 1 saturated heterocycles. The molecule has 8 heteroatoms. The molecule has 0 amide bonds. The maximum Gasteiger partial charge on any atom is 0.341 e. The molecule has 1 aromatic heterocycles. The van der Waals surface area contributed by atoms with Crippen molar-refractivity contribution in [1.29, 1.82) is 0 Å². The van der Waals surface area contributed by atoms with E-state index in [1.165, 1.54) is 29.2 Å². The number of nitrogens with one attached hydrogen (secondary N) is 1. The summed E-state index contributed by atoms with van der Waals surface area (Å²) in [6.45, 7) is 11.2. The van der Waals surface area contributed by atoms with Crippen LogP contribution in [0.4, 0.5) is 10.1 Å². The summed E-state index contributed by atoms with van der Waals surface area (Å²) >= 11 is 6.20. The van der Waals surface area contributed by atoms with E-state index in [-0.39, 0.29) is 12.0 Å². The highest BCUT2D eigenvalue weighted by atomic mass is 35.5. The molecule has 230 valence electrons. The highest BCUT2D eigenvalue weighted by Crippen LogP contribution is 2.43. The Balaban J connectivity index is 1.19. The molecule has 1 aliphatic carbocycles. The van der Waals surface area contributed by atoms with Crippen LogP contribution in [0.25, 0.3) is 16.5 Å². The first-order valence-corrected chi connectivity index (χ1v) is 15.8. The Kier molecular flexibility index (Phi) is 8.70. The van der Waals surface area contributed by atoms with E-state index in [0.717, 1.165) is 56.3 Å². The molecule has 0 bridgehead atoms. The first-order valence-electron chi connectivity index (χ1n) is 15.4. The summed E-state index contributed by atoms with van der Waals surface area (Å²) in [6.07, 6.45) is 5.05. The van der Waals surface area contributed by atoms with Crippen LogP contribution in [0.5, 0.6) is 11.5 Å². The van der Waals surface area contributed by atoms with E-state index in [0.29, 0.717) is 28.0 Å². The zero-order valence-electron chi connectivity index (χ0n) is 25.6. The lowest BCUT2D eigenvalue weighted by molar-refractivity contribution is 0.0523. The second kappa shape index (κ2) is 12.7. The standard InChI is InChI=1S/C36H39ClFN3O3/c1-4-43-35(42)30-10-9-28(20-33(30)44-29-19-25-12-14-39-34(25)32(38)21-29)41-17-15-40(16-18-41)23-26-11-13-36(2,3)22-31(26)24-5-7-27(37)8-6-24/h5-10,12,14,19-21,39H,4,11,13,15-18,22-23H2,1-3H3. The number of hydrogen-bond acceptors (Lipinski definition) is 5. The van der Waals surface area contributed by atoms with E-state index in [1.807, 2.05) is 24.3 Å². The smallest absolute Gasteiger partial charge is 0.341 e. The van der Waals surface area contributed by atoms with E-state index in [1.54, 1.807) is 31.3 Å². The fraction of sp³-hybridized carbons (Fsp3) is 0.361. The number of allylic oxidation sites excluding steroid dienone is 1. The Labute approximate surface area is 263 Å². The van der Waals surface area contributed by atoms with Gasteiger partial charge in [-0.25, -0.2) is 9.18 Å². The van der Waals surface area contributed by atoms with Gasteiger partial charge in [0.25, 0.3) is 0 Å². The van der Waals surface area contributed by atoms with Gasteiger partial charge in [-0.15, -0.1) is 0 Å². The van der Waals surface area contributed by atoms with Crippen LogP contribution < -0.4 is 9.64 Å². The van der Waals surface area contributed by atoms with Crippen molar-refractivity contribution in [2.75, 3.05) is 44.2 Å². The van der Waals surface area contributed by atoms with Gasteiger partial charge in [0.2, 0.25) is 0 Å². The minimum absolute atomic E-state index is 0.250. The van der Waals surface area contributed by atoms with Crippen molar-refractivity contribution in [3.8, 4) is 11.5 Å². The van der Waals surface area contributed by atoms with Crippen LogP contribution >= 0.6 is 11.6 Å². The van der Waals surface area contributed by atoms with Gasteiger partial charge < -0.3 is 19.4 Å². The Morgan fingerprint density at radius 3 is 2.55 bits per heavy atom. The van der Waals surface area contributed by atoms with Crippen molar-refractivity contribution in [1.82, 2.24) is 9.88 Å². The molecule has 0 atom stereocenters. The predicted molar refractivity (Wildman–Crippen MR) is 175 cm³/mol. The van der Waals surface area contributed by atoms with Gasteiger partial charge in [-0.3, -0.25) is 4.90 Å². The number of halogens is 2. The average Bonchev–Trinajstić information content (AvgIpc) is 3.48. The van der Waals surface area contributed by atoms with Crippen LogP contribution in [0.2, 0.25) is 5.02 Å². The van der Waals surface area contributed by atoms with Gasteiger partial charge in [-0.2, -0.15) is 0 Å². The van der Waals surface area contributed by atoms with E-state index >= 15 is 0 Å². The number of rotatable bonds is 8. The Bertz CT molecular complexity index is 1690. The van der Waals surface area contributed by atoms with Crippen molar-refractivity contribution < 1.29 is 18.7 Å². The quantitative estimate of drug-likeness (QED) is 0.201. The molecule has 0 spiro atoms. The lowest BCUT2D eigenvalue weighted by Gasteiger charge is -2.39. The Hall–Kier alpha value is -3.81. The highest BCUT2D eigenvalue weighted by molar-refractivity contribution is 6.30. The van der Waals surface area contributed by atoms with E-state index in [4.69, 9.17) is 21.1 Å². The van der Waals surface area contributed by atoms with Crippen LogP contribution in [-0.4, -0.2) is 55.2 Å². The van der Waals surface area contributed by atoms with Gasteiger partial charge in [0.15, 0.2) is 5.82 Å². The third-order valence-corrected chi connectivity index (χ3v) is 9.06. The highest BCUT2D eigenvalue weighted by Gasteiger charge is 2.29. The number of anilines is 1. The number of piperazine rings is 1. The number of carbonyl (C=O) groups is 1. The third-order valence-electron chi connectivity index (χ3n) is 8.80. The number of fused-ring (bicyclic) bond motifs is 1.